The Morgan fingerprint density at radius 3 is 1.88 bits per heavy atom. The Bertz CT molecular complexity index is 204. The molecule has 0 unspecified atom stereocenters. The van der Waals surface area contributed by atoms with Gasteiger partial charge in [-0.2, -0.15) is 0 Å². The Morgan fingerprint density at radius 2 is 1.29 bits per heavy atom. The summed E-state index contributed by atoms with van der Waals surface area (Å²) < 4.78 is 0. The van der Waals surface area contributed by atoms with Crippen molar-refractivity contribution < 1.29 is 4.79 Å². The molecule has 0 aliphatic carbocycles. The third kappa shape index (κ3) is 15.1. The topological polar surface area (TPSA) is 17.1 Å². The van der Waals surface area contributed by atoms with Gasteiger partial charge in [0.1, 0.15) is 6.29 Å². The molecule has 17 heavy (non-hydrogen) atoms. The molecule has 0 aliphatic heterocycles. The minimum atomic E-state index is 0.735. The molecule has 1 nitrogen and oxygen atoms in total. The Balaban J connectivity index is 3.14. The lowest BCUT2D eigenvalue weighted by Crippen LogP contribution is -1.79. The molecule has 98 valence electrons. The van der Waals surface area contributed by atoms with Crippen molar-refractivity contribution in [3.8, 4) is 0 Å². The molecule has 0 radical (unpaired) electrons. The van der Waals surface area contributed by atoms with Gasteiger partial charge in [-0.3, -0.25) is 0 Å². The van der Waals surface area contributed by atoms with Crippen molar-refractivity contribution in [2.45, 2.75) is 71.1 Å². The zero-order valence-corrected chi connectivity index (χ0v) is 11.4. The maximum Gasteiger partial charge on any atom is 0.119 e. The van der Waals surface area contributed by atoms with Crippen LogP contribution in [0.2, 0.25) is 0 Å². The van der Waals surface area contributed by atoms with Crippen LogP contribution in [0.1, 0.15) is 71.1 Å². The first-order valence-corrected chi connectivity index (χ1v) is 7.15. The van der Waals surface area contributed by atoms with E-state index in [4.69, 9.17) is 0 Å². The van der Waals surface area contributed by atoms with Gasteiger partial charge in [0.25, 0.3) is 0 Å². The van der Waals surface area contributed by atoms with Gasteiger partial charge in [0, 0.05) is 6.42 Å². The molecule has 0 saturated heterocycles. The Hall–Kier alpha value is -0.850. The number of carbonyl (C=O) groups is 1. The van der Waals surface area contributed by atoms with Gasteiger partial charge in [-0.05, 0) is 32.1 Å². The Morgan fingerprint density at radius 1 is 0.706 bits per heavy atom. The van der Waals surface area contributed by atoms with E-state index in [0.29, 0.717) is 0 Å². The van der Waals surface area contributed by atoms with Crippen LogP contribution in [0.4, 0.5) is 0 Å². The van der Waals surface area contributed by atoms with Crippen LogP contribution in [-0.4, -0.2) is 6.29 Å². The van der Waals surface area contributed by atoms with Gasteiger partial charge in [0.15, 0.2) is 0 Å². The molecule has 0 fully saturated rings. The third-order valence-corrected chi connectivity index (χ3v) is 2.77. The predicted octanol–water partition coefficient (Wildman–Crippen LogP) is 5.22. The molecule has 0 N–H and O–H groups in total. The van der Waals surface area contributed by atoms with Gasteiger partial charge < -0.3 is 4.79 Å². The van der Waals surface area contributed by atoms with Gasteiger partial charge in [-0.15, -0.1) is 0 Å². The van der Waals surface area contributed by atoms with E-state index >= 15 is 0 Å². The average molecular weight is 236 g/mol. The van der Waals surface area contributed by atoms with Gasteiger partial charge in [0.2, 0.25) is 0 Å². The summed E-state index contributed by atoms with van der Waals surface area (Å²) in [7, 11) is 0. The second kappa shape index (κ2) is 15.1. The molecule has 0 aromatic rings. The molecule has 0 heterocycles. The zero-order valence-electron chi connectivity index (χ0n) is 11.4. The molecule has 0 aromatic heterocycles. The van der Waals surface area contributed by atoms with Gasteiger partial charge in [0.05, 0.1) is 0 Å². The Labute approximate surface area is 107 Å². The molecule has 0 atom stereocenters. The van der Waals surface area contributed by atoms with Crippen molar-refractivity contribution in [2.75, 3.05) is 0 Å². The molecular formula is C16H28O. The zero-order chi connectivity index (χ0) is 12.6. The van der Waals surface area contributed by atoms with Crippen molar-refractivity contribution in [2.24, 2.45) is 0 Å². The summed E-state index contributed by atoms with van der Waals surface area (Å²) in [6.07, 6.45) is 21.7. The number of carbonyl (C=O) groups excluding carboxylic acids is 1. The maximum absolute atomic E-state index is 10.1. The normalized spacial score (nSPS) is 11.6. The Kier molecular flexibility index (Phi) is 14.4. The average Bonchev–Trinajstić information content (AvgIpc) is 2.35. The summed E-state index contributed by atoms with van der Waals surface area (Å²) in [6, 6.07) is 0. The number of allylic oxidation sites excluding steroid dienone is 4. The number of hydrogen-bond acceptors (Lipinski definition) is 1. The molecule has 0 saturated carbocycles. The second-order valence-electron chi connectivity index (χ2n) is 4.48. The second-order valence-corrected chi connectivity index (χ2v) is 4.48. The molecular weight excluding hydrogens is 208 g/mol. The highest BCUT2D eigenvalue weighted by Gasteiger charge is 1.87. The lowest BCUT2D eigenvalue weighted by molar-refractivity contribution is -0.107. The fourth-order valence-electron chi connectivity index (χ4n) is 1.67. The highest BCUT2D eigenvalue weighted by atomic mass is 16.1. The van der Waals surface area contributed by atoms with Crippen LogP contribution in [0.25, 0.3) is 0 Å². The fourth-order valence-corrected chi connectivity index (χ4v) is 1.67. The van der Waals surface area contributed by atoms with Crippen LogP contribution in [0.3, 0.4) is 0 Å². The smallest absolute Gasteiger partial charge is 0.119 e. The van der Waals surface area contributed by atoms with Crippen molar-refractivity contribution in [3.63, 3.8) is 0 Å². The lowest BCUT2D eigenvalue weighted by atomic mass is 10.1. The highest BCUT2D eigenvalue weighted by molar-refractivity contribution is 5.48. The molecule has 0 bridgehead atoms. The molecule has 0 aliphatic rings. The van der Waals surface area contributed by atoms with E-state index in [0.717, 1.165) is 25.5 Å². The summed E-state index contributed by atoms with van der Waals surface area (Å²) >= 11 is 0. The van der Waals surface area contributed by atoms with E-state index in [-0.39, 0.29) is 0 Å². The molecule has 0 aromatic carbocycles. The number of aldehydes is 1. The highest BCUT2D eigenvalue weighted by Crippen LogP contribution is 2.05. The maximum atomic E-state index is 10.1. The van der Waals surface area contributed by atoms with E-state index in [9.17, 15) is 4.79 Å². The fraction of sp³-hybridized carbons (Fsp3) is 0.688. The molecule has 0 spiro atoms. The van der Waals surface area contributed by atoms with E-state index in [2.05, 4.69) is 31.2 Å². The van der Waals surface area contributed by atoms with Crippen molar-refractivity contribution in [3.05, 3.63) is 24.3 Å². The quantitative estimate of drug-likeness (QED) is 0.258. The van der Waals surface area contributed by atoms with Crippen molar-refractivity contribution in [1.82, 2.24) is 0 Å². The van der Waals surface area contributed by atoms with Crippen LogP contribution in [-0.2, 0) is 4.79 Å². The summed E-state index contributed by atoms with van der Waals surface area (Å²) in [5, 5.41) is 0. The summed E-state index contributed by atoms with van der Waals surface area (Å²) in [4.78, 5) is 10.1. The van der Waals surface area contributed by atoms with Crippen LogP contribution in [0.15, 0.2) is 24.3 Å². The first kappa shape index (κ1) is 16.1. The number of rotatable bonds is 12. The minimum Gasteiger partial charge on any atom is -0.303 e. The van der Waals surface area contributed by atoms with Gasteiger partial charge >= 0.3 is 0 Å². The largest absolute Gasteiger partial charge is 0.303 e. The van der Waals surface area contributed by atoms with Crippen LogP contribution >= 0.6 is 0 Å². The van der Waals surface area contributed by atoms with Crippen LogP contribution in [0.5, 0.6) is 0 Å². The van der Waals surface area contributed by atoms with Crippen molar-refractivity contribution >= 4 is 6.29 Å². The van der Waals surface area contributed by atoms with Crippen molar-refractivity contribution in [1.29, 1.82) is 0 Å². The van der Waals surface area contributed by atoms with E-state index in [1.165, 1.54) is 44.9 Å². The summed E-state index contributed by atoms with van der Waals surface area (Å²) in [5.41, 5.74) is 0. The van der Waals surface area contributed by atoms with Crippen LogP contribution in [0, 0.1) is 0 Å². The summed E-state index contributed by atoms with van der Waals surface area (Å²) in [6.45, 7) is 2.23. The number of hydrogen-bond donors (Lipinski definition) is 0. The lowest BCUT2D eigenvalue weighted by Gasteiger charge is -1.95. The van der Waals surface area contributed by atoms with Crippen LogP contribution < -0.4 is 0 Å². The third-order valence-electron chi connectivity index (χ3n) is 2.77. The van der Waals surface area contributed by atoms with Gasteiger partial charge in [-0.25, -0.2) is 0 Å². The molecule has 0 rings (SSSR count). The predicted molar refractivity (Wildman–Crippen MR) is 76.2 cm³/mol. The number of unbranched alkanes of at least 4 members (excludes halogenated alkanes) is 7. The van der Waals surface area contributed by atoms with E-state index in [1.54, 1.807) is 0 Å². The van der Waals surface area contributed by atoms with E-state index < -0.39 is 0 Å². The molecule has 1 heteroatoms. The summed E-state index contributed by atoms with van der Waals surface area (Å²) in [5.74, 6) is 0. The first-order valence-electron chi connectivity index (χ1n) is 7.15. The van der Waals surface area contributed by atoms with E-state index in [1.807, 2.05) is 0 Å². The van der Waals surface area contributed by atoms with Gasteiger partial charge in [-0.1, -0.05) is 56.9 Å². The molecule has 0 amide bonds. The SMILES string of the molecule is CCCC/C=C/C/C=C/CCCCCCC=O. The first-order chi connectivity index (χ1) is 8.41. The standard InChI is InChI=1S/C16H28O/c1-2-3-4-5-6-7-8-9-10-11-12-13-14-15-16-17/h5-6,8-9,16H,2-4,7,10-15H2,1H3/b6-5+,9-8+. The minimum absolute atomic E-state index is 0.735. The monoisotopic (exact) mass is 236 g/mol.